The zero-order chi connectivity index (χ0) is 18.9. The molecule has 1 aromatic heterocycles. The van der Waals surface area contributed by atoms with Crippen LogP contribution in [0.5, 0.6) is 0 Å². The van der Waals surface area contributed by atoms with Crippen molar-refractivity contribution in [2.75, 3.05) is 4.72 Å². The molecule has 2 aromatic carbocycles. The molecule has 3 rings (SSSR count). The van der Waals surface area contributed by atoms with E-state index in [4.69, 9.17) is 0 Å². The van der Waals surface area contributed by atoms with Crippen molar-refractivity contribution in [3.63, 3.8) is 0 Å². The predicted octanol–water partition coefficient (Wildman–Crippen LogP) is 2.82. The van der Waals surface area contributed by atoms with Gasteiger partial charge in [-0.2, -0.15) is 0 Å². The summed E-state index contributed by atoms with van der Waals surface area (Å²) in [5, 5.41) is 0. The topological polar surface area (TPSA) is 91.9 Å². The minimum absolute atomic E-state index is 0.107. The van der Waals surface area contributed by atoms with Gasteiger partial charge in [0.25, 0.3) is 15.6 Å². The molecule has 26 heavy (non-hydrogen) atoms. The van der Waals surface area contributed by atoms with Crippen molar-refractivity contribution in [1.29, 1.82) is 0 Å². The van der Waals surface area contributed by atoms with Crippen molar-refractivity contribution in [3.05, 3.63) is 76.2 Å². The van der Waals surface area contributed by atoms with E-state index in [2.05, 4.69) is 14.7 Å². The summed E-state index contributed by atoms with van der Waals surface area (Å²) in [6, 6.07) is 9.51. The Morgan fingerprint density at radius 1 is 1.08 bits per heavy atom. The van der Waals surface area contributed by atoms with Crippen LogP contribution in [0.3, 0.4) is 0 Å². The van der Waals surface area contributed by atoms with Crippen LogP contribution in [0, 0.1) is 18.6 Å². The lowest BCUT2D eigenvalue weighted by Crippen LogP contribution is -2.15. The summed E-state index contributed by atoms with van der Waals surface area (Å²) < 4.78 is 53.9. The first-order valence-corrected chi connectivity index (χ1v) is 8.89. The Balaban J connectivity index is 1.98. The number of hydrogen-bond donors (Lipinski definition) is 2. The van der Waals surface area contributed by atoms with Gasteiger partial charge in [-0.25, -0.2) is 22.2 Å². The number of halogens is 2. The second-order valence-corrected chi connectivity index (χ2v) is 7.15. The van der Waals surface area contributed by atoms with Gasteiger partial charge in [0.1, 0.15) is 22.4 Å². The summed E-state index contributed by atoms with van der Waals surface area (Å²) in [6.45, 7) is 1.65. The molecule has 0 saturated heterocycles. The number of H-pyrrole nitrogens is 1. The maximum atomic E-state index is 13.8. The maximum Gasteiger partial charge on any atom is 0.264 e. The summed E-state index contributed by atoms with van der Waals surface area (Å²) in [5.74, 6) is -1.69. The Morgan fingerprint density at radius 2 is 1.85 bits per heavy atom. The summed E-state index contributed by atoms with van der Waals surface area (Å²) in [7, 11) is -4.34. The second-order valence-electron chi connectivity index (χ2n) is 5.50. The first kappa shape index (κ1) is 17.7. The summed E-state index contributed by atoms with van der Waals surface area (Å²) in [4.78, 5) is 17.5. The molecule has 0 spiro atoms. The van der Waals surface area contributed by atoms with Crippen LogP contribution in [0.25, 0.3) is 11.4 Å². The van der Waals surface area contributed by atoms with Gasteiger partial charge >= 0.3 is 0 Å². The number of hydrogen-bond acceptors (Lipinski definition) is 4. The molecule has 0 aliphatic heterocycles. The van der Waals surface area contributed by atoms with Gasteiger partial charge in [-0.15, -0.1) is 0 Å². The smallest absolute Gasteiger partial charge is 0.264 e. The van der Waals surface area contributed by atoms with Crippen LogP contribution >= 0.6 is 0 Å². The fraction of sp³-hybridized carbons (Fsp3) is 0.0588. The lowest BCUT2D eigenvalue weighted by molar-refractivity contribution is 0.555. The maximum absolute atomic E-state index is 13.8. The number of aromatic amines is 1. The first-order valence-electron chi connectivity index (χ1n) is 7.41. The molecule has 0 saturated carbocycles. The predicted molar refractivity (Wildman–Crippen MR) is 92.2 cm³/mol. The fourth-order valence-electron chi connectivity index (χ4n) is 2.34. The number of nitrogens with zero attached hydrogens (tertiary/aromatic N) is 1. The summed E-state index contributed by atoms with van der Waals surface area (Å²) in [6.07, 6.45) is 0. The van der Waals surface area contributed by atoms with Gasteiger partial charge in [-0.05, 0) is 37.3 Å². The van der Waals surface area contributed by atoms with E-state index in [9.17, 15) is 22.0 Å². The fourth-order valence-corrected chi connectivity index (χ4v) is 3.48. The molecular weight excluding hydrogens is 364 g/mol. The molecule has 6 nitrogen and oxygen atoms in total. The van der Waals surface area contributed by atoms with Gasteiger partial charge in [0.2, 0.25) is 0 Å². The minimum atomic E-state index is -4.34. The molecule has 0 aliphatic rings. The van der Waals surface area contributed by atoms with E-state index in [-0.39, 0.29) is 17.1 Å². The molecule has 0 atom stereocenters. The van der Waals surface area contributed by atoms with Gasteiger partial charge in [-0.3, -0.25) is 9.52 Å². The quantitative estimate of drug-likeness (QED) is 0.731. The van der Waals surface area contributed by atoms with Gasteiger partial charge in [0.05, 0.1) is 0 Å². The Bertz CT molecular complexity index is 1140. The normalized spacial score (nSPS) is 11.3. The first-order chi connectivity index (χ1) is 12.2. The lowest BCUT2D eigenvalue weighted by Gasteiger charge is -2.10. The van der Waals surface area contributed by atoms with Crippen LogP contribution in [0.15, 0.2) is 58.2 Å². The highest BCUT2D eigenvalue weighted by atomic mass is 32.2. The van der Waals surface area contributed by atoms with E-state index >= 15 is 0 Å². The molecule has 0 unspecified atom stereocenters. The van der Waals surface area contributed by atoms with Crippen molar-refractivity contribution in [2.24, 2.45) is 0 Å². The number of anilines is 1. The third-order valence-corrected chi connectivity index (χ3v) is 4.84. The molecule has 2 N–H and O–H groups in total. The van der Waals surface area contributed by atoms with Crippen molar-refractivity contribution in [2.45, 2.75) is 11.8 Å². The number of aryl methyl sites for hydroxylation is 1. The Kier molecular flexibility index (Phi) is 4.56. The average molecular weight is 377 g/mol. The molecule has 0 aliphatic carbocycles. The molecule has 0 fully saturated rings. The standard InChI is InChI=1S/C17H13F2N3O3S/c1-10-7-16(23)21-17(20-10)11-3-2-4-13(8-11)22-26(24,25)15-9-12(18)5-6-14(15)19/h2-9,22H,1H3,(H,20,21,23). The zero-order valence-corrected chi connectivity index (χ0v) is 14.3. The number of sulfonamides is 1. The minimum Gasteiger partial charge on any atom is -0.307 e. The molecule has 0 amide bonds. The third kappa shape index (κ3) is 3.77. The van der Waals surface area contributed by atoms with Gasteiger partial charge in [0.15, 0.2) is 0 Å². The van der Waals surface area contributed by atoms with Crippen LogP contribution in [-0.4, -0.2) is 18.4 Å². The van der Waals surface area contributed by atoms with Crippen molar-refractivity contribution in [1.82, 2.24) is 9.97 Å². The van der Waals surface area contributed by atoms with Gasteiger partial charge in [0, 0.05) is 23.0 Å². The highest BCUT2D eigenvalue weighted by Gasteiger charge is 2.20. The molecular formula is C17H13F2N3O3S. The van der Waals surface area contributed by atoms with E-state index < -0.39 is 26.6 Å². The van der Waals surface area contributed by atoms with E-state index in [1.165, 1.54) is 24.3 Å². The van der Waals surface area contributed by atoms with E-state index in [1.807, 2.05) is 0 Å². The monoisotopic (exact) mass is 377 g/mol. The SMILES string of the molecule is Cc1cc(=O)[nH]c(-c2cccc(NS(=O)(=O)c3cc(F)ccc3F)c2)n1. The molecule has 134 valence electrons. The van der Waals surface area contributed by atoms with E-state index in [1.54, 1.807) is 13.0 Å². The van der Waals surface area contributed by atoms with E-state index in [0.29, 0.717) is 17.3 Å². The van der Waals surface area contributed by atoms with Gasteiger partial charge in [-0.1, -0.05) is 12.1 Å². The molecule has 0 radical (unpaired) electrons. The number of nitrogens with one attached hydrogen (secondary N) is 2. The molecule has 9 heteroatoms. The van der Waals surface area contributed by atoms with E-state index in [0.717, 1.165) is 12.1 Å². The Hall–Kier alpha value is -3.07. The average Bonchev–Trinajstić information content (AvgIpc) is 2.56. The second kappa shape index (κ2) is 6.68. The lowest BCUT2D eigenvalue weighted by atomic mass is 10.2. The van der Waals surface area contributed by atoms with Crippen molar-refractivity contribution in [3.8, 4) is 11.4 Å². The highest BCUT2D eigenvalue weighted by Crippen LogP contribution is 2.23. The van der Waals surface area contributed by atoms with Crippen LogP contribution in [0.4, 0.5) is 14.5 Å². The molecule has 1 heterocycles. The number of aromatic nitrogens is 2. The van der Waals surface area contributed by atoms with Crippen molar-refractivity contribution >= 4 is 15.7 Å². The highest BCUT2D eigenvalue weighted by molar-refractivity contribution is 7.92. The largest absolute Gasteiger partial charge is 0.307 e. The van der Waals surface area contributed by atoms with Crippen LogP contribution in [0.2, 0.25) is 0 Å². The molecule has 0 bridgehead atoms. The van der Waals surface area contributed by atoms with Crippen LogP contribution < -0.4 is 10.3 Å². The number of benzene rings is 2. The third-order valence-electron chi connectivity index (χ3n) is 3.44. The van der Waals surface area contributed by atoms with Crippen molar-refractivity contribution < 1.29 is 17.2 Å². The van der Waals surface area contributed by atoms with Crippen LogP contribution in [0.1, 0.15) is 5.69 Å². The molecule has 3 aromatic rings. The zero-order valence-electron chi connectivity index (χ0n) is 13.5. The Labute approximate surface area is 147 Å². The van der Waals surface area contributed by atoms with Gasteiger partial charge < -0.3 is 4.98 Å². The summed E-state index contributed by atoms with van der Waals surface area (Å²) >= 11 is 0. The Morgan fingerprint density at radius 3 is 2.58 bits per heavy atom. The summed E-state index contributed by atoms with van der Waals surface area (Å²) in [5.41, 5.74) is 0.706. The number of rotatable bonds is 4. The van der Waals surface area contributed by atoms with Crippen LogP contribution in [-0.2, 0) is 10.0 Å².